The minimum Gasteiger partial charge on any atom is -0.508 e. The van der Waals surface area contributed by atoms with Crippen molar-refractivity contribution in [1.82, 2.24) is 20.2 Å². The van der Waals surface area contributed by atoms with Crippen LogP contribution in [-0.2, 0) is 4.79 Å². The van der Waals surface area contributed by atoms with Crippen LogP contribution in [-0.4, -0.2) is 36.5 Å². The summed E-state index contributed by atoms with van der Waals surface area (Å²) < 4.78 is 14.6. The van der Waals surface area contributed by atoms with E-state index in [2.05, 4.69) is 20.8 Å². The van der Waals surface area contributed by atoms with Crippen LogP contribution in [0.4, 0.5) is 10.1 Å². The van der Waals surface area contributed by atoms with E-state index >= 15 is 0 Å². The van der Waals surface area contributed by atoms with E-state index in [4.69, 9.17) is 11.6 Å². The van der Waals surface area contributed by atoms with Gasteiger partial charge in [0.2, 0.25) is 11.1 Å². The molecule has 10 heteroatoms. The molecule has 26 heavy (non-hydrogen) atoms. The monoisotopic (exact) mass is 393 g/mol. The first-order chi connectivity index (χ1) is 12.4. The molecule has 1 amide bonds. The zero-order valence-corrected chi connectivity index (χ0v) is 15.0. The number of hydrogen-bond acceptors (Lipinski definition) is 6. The van der Waals surface area contributed by atoms with Crippen molar-refractivity contribution in [2.75, 3.05) is 5.32 Å². The number of thioether (sulfide) groups is 1. The van der Waals surface area contributed by atoms with Crippen molar-refractivity contribution >= 4 is 35.0 Å². The van der Waals surface area contributed by atoms with Crippen LogP contribution < -0.4 is 5.32 Å². The van der Waals surface area contributed by atoms with Crippen LogP contribution in [0.5, 0.6) is 5.75 Å². The van der Waals surface area contributed by atoms with Gasteiger partial charge < -0.3 is 10.4 Å². The molecule has 2 N–H and O–H groups in total. The predicted molar refractivity (Wildman–Crippen MR) is 96.2 cm³/mol. The van der Waals surface area contributed by atoms with E-state index in [0.29, 0.717) is 16.5 Å². The van der Waals surface area contributed by atoms with Gasteiger partial charge in [-0.1, -0.05) is 23.4 Å². The molecule has 0 aliphatic carbocycles. The lowest BCUT2D eigenvalue weighted by Gasteiger charge is -2.12. The molecular formula is C16H13ClFN5O2S. The number of benzene rings is 2. The number of halogens is 2. The number of hydrogen-bond donors (Lipinski definition) is 2. The molecule has 2 aromatic carbocycles. The number of aromatic hydroxyl groups is 1. The molecule has 3 aromatic rings. The van der Waals surface area contributed by atoms with Crippen LogP contribution in [0, 0.1) is 5.82 Å². The first-order valence-electron chi connectivity index (χ1n) is 7.44. The number of phenolic OH excluding ortho intramolecular Hbond substituents is 1. The third kappa shape index (κ3) is 4.12. The molecule has 7 nitrogen and oxygen atoms in total. The lowest BCUT2D eigenvalue weighted by molar-refractivity contribution is -0.115. The molecule has 0 aliphatic heterocycles. The van der Waals surface area contributed by atoms with E-state index in [9.17, 15) is 14.3 Å². The normalized spacial score (nSPS) is 12.0. The Balaban J connectivity index is 1.71. The maximum Gasteiger partial charge on any atom is 0.237 e. The summed E-state index contributed by atoms with van der Waals surface area (Å²) in [6, 6.07) is 10.3. The Hall–Kier alpha value is -2.65. The fraction of sp³-hybridized carbons (Fsp3) is 0.125. The summed E-state index contributed by atoms with van der Waals surface area (Å²) >= 11 is 6.87. The topological polar surface area (TPSA) is 92.9 Å². The van der Waals surface area contributed by atoms with E-state index in [-0.39, 0.29) is 16.7 Å². The van der Waals surface area contributed by atoms with E-state index in [1.54, 1.807) is 19.1 Å². The third-order valence-electron chi connectivity index (χ3n) is 3.37. The zero-order valence-electron chi connectivity index (χ0n) is 13.4. The van der Waals surface area contributed by atoms with Gasteiger partial charge in [-0.25, -0.2) is 4.39 Å². The van der Waals surface area contributed by atoms with Gasteiger partial charge in [0.25, 0.3) is 0 Å². The van der Waals surface area contributed by atoms with Gasteiger partial charge in [0.15, 0.2) is 0 Å². The number of carbonyl (C=O) groups is 1. The number of rotatable bonds is 5. The number of amides is 1. The summed E-state index contributed by atoms with van der Waals surface area (Å²) in [5, 5.41) is 23.3. The number of carbonyl (C=O) groups excluding carboxylic acids is 1. The maximum absolute atomic E-state index is 13.2. The minimum atomic E-state index is -0.555. The average molecular weight is 394 g/mol. The number of nitrogens with zero attached hydrogens (tertiary/aromatic N) is 4. The van der Waals surface area contributed by atoms with Gasteiger partial charge in [0, 0.05) is 5.69 Å². The van der Waals surface area contributed by atoms with Crippen LogP contribution in [0.15, 0.2) is 47.6 Å². The molecule has 0 radical (unpaired) electrons. The molecule has 1 heterocycles. The van der Waals surface area contributed by atoms with Crippen molar-refractivity contribution < 1.29 is 14.3 Å². The largest absolute Gasteiger partial charge is 0.508 e. The first kappa shape index (κ1) is 18.2. The summed E-state index contributed by atoms with van der Waals surface area (Å²) in [6.45, 7) is 1.70. The number of tetrazole rings is 1. The lowest BCUT2D eigenvalue weighted by Crippen LogP contribution is -2.23. The summed E-state index contributed by atoms with van der Waals surface area (Å²) in [6.07, 6.45) is 0. The Kier molecular flexibility index (Phi) is 5.38. The van der Waals surface area contributed by atoms with Gasteiger partial charge in [0.05, 0.1) is 16.0 Å². The van der Waals surface area contributed by atoms with Crippen molar-refractivity contribution in [1.29, 1.82) is 0 Å². The van der Waals surface area contributed by atoms with Gasteiger partial charge in [-0.2, -0.15) is 4.68 Å². The van der Waals surface area contributed by atoms with Crippen molar-refractivity contribution in [2.45, 2.75) is 17.3 Å². The van der Waals surface area contributed by atoms with Gasteiger partial charge in [0.1, 0.15) is 11.6 Å². The van der Waals surface area contributed by atoms with Crippen LogP contribution in [0.3, 0.4) is 0 Å². The summed E-state index contributed by atoms with van der Waals surface area (Å²) in [7, 11) is 0. The molecule has 0 fully saturated rings. The second kappa shape index (κ2) is 7.71. The highest BCUT2D eigenvalue weighted by atomic mass is 35.5. The summed E-state index contributed by atoms with van der Waals surface area (Å²) in [4.78, 5) is 12.3. The average Bonchev–Trinajstić information content (AvgIpc) is 3.07. The predicted octanol–water partition coefficient (Wildman–Crippen LogP) is 3.28. The molecule has 0 saturated heterocycles. The van der Waals surface area contributed by atoms with E-state index in [1.165, 1.54) is 35.0 Å². The Bertz CT molecular complexity index is 935. The van der Waals surface area contributed by atoms with Crippen LogP contribution in [0.1, 0.15) is 6.92 Å². The molecular weight excluding hydrogens is 381 g/mol. The van der Waals surface area contributed by atoms with Crippen LogP contribution in [0.25, 0.3) is 5.69 Å². The molecule has 0 spiro atoms. The van der Waals surface area contributed by atoms with Gasteiger partial charge in [-0.3, -0.25) is 4.79 Å². The molecule has 0 unspecified atom stereocenters. The fourth-order valence-electron chi connectivity index (χ4n) is 2.04. The van der Waals surface area contributed by atoms with E-state index < -0.39 is 11.1 Å². The van der Waals surface area contributed by atoms with Crippen molar-refractivity contribution in [3.05, 3.63) is 53.3 Å². The van der Waals surface area contributed by atoms with Gasteiger partial charge in [-0.05, 0) is 59.8 Å². The minimum absolute atomic E-state index is 0.0700. The molecule has 0 saturated carbocycles. The quantitative estimate of drug-likeness (QED) is 0.646. The van der Waals surface area contributed by atoms with Gasteiger partial charge >= 0.3 is 0 Å². The Labute approximate surface area is 157 Å². The molecule has 1 aromatic heterocycles. The fourth-order valence-corrected chi connectivity index (χ4v) is 3.03. The Morgan fingerprint density at radius 2 is 2.04 bits per heavy atom. The number of aromatic nitrogens is 4. The smallest absolute Gasteiger partial charge is 0.237 e. The molecule has 134 valence electrons. The molecule has 3 rings (SSSR count). The van der Waals surface area contributed by atoms with E-state index in [0.717, 1.165) is 11.8 Å². The van der Waals surface area contributed by atoms with Crippen LogP contribution in [0.2, 0.25) is 5.02 Å². The SMILES string of the molecule is C[C@H](Sc1nnnn1-c1ccc(O)cc1)C(=O)Nc1ccc(F)c(Cl)c1. The summed E-state index contributed by atoms with van der Waals surface area (Å²) in [5.74, 6) is -0.736. The number of anilines is 1. The second-order valence-corrected chi connectivity index (χ2v) is 6.98. The lowest BCUT2D eigenvalue weighted by atomic mass is 10.3. The third-order valence-corrected chi connectivity index (χ3v) is 4.70. The standard InChI is InChI=1S/C16H13ClFN5O2S/c1-9(15(25)19-10-2-7-14(18)13(17)8-10)26-16-20-21-22-23(16)11-3-5-12(24)6-4-11/h2-9,24H,1H3,(H,19,25)/t9-/m0/s1. The Morgan fingerprint density at radius 1 is 1.31 bits per heavy atom. The van der Waals surface area contributed by atoms with Crippen molar-refractivity contribution in [3.8, 4) is 11.4 Å². The molecule has 0 aliphatic rings. The first-order valence-corrected chi connectivity index (χ1v) is 8.70. The number of nitrogens with one attached hydrogen (secondary N) is 1. The van der Waals surface area contributed by atoms with Crippen molar-refractivity contribution in [2.24, 2.45) is 0 Å². The number of phenols is 1. The molecule has 0 bridgehead atoms. The van der Waals surface area contributed by atoms with Gasteiger partial charge in [-0.15, -0.1) is 5.10 Å². The Morgan fingerprint density at radius 3 is 2.73 bits per heavy atom. The van der Waals surface area contributed by atoms with Crippen molar-refractivity contribution in [3.63, 3.8) is 0 Å². The summed E-state index contributed by atoms with van der Waals surface area (Å²) in [5.41, 5.74) is 1.04. The van der Waals surface area contributed by atoms with Crippen LogP contribution >= 0.6 is 23.4 Å². The molecule has 1 atom stereocenters. The van der Waals surface area contributed by atoms with E-state index in [1.807, 2.05) is 0 Å². The second-order valence-electron chi connectivity index (χ2n) is 5.27. The highest BCUT2D eigenvalue weighted by Gasteiger charge is 2.19. The highest BCUT2D eigenvalue weighted by molar-refractivity contribution is 8.00. The zero-order chi connectivity index (χ0) is 18.7. The maximum atomic E-state index is 13.2. The highest BCUT2D eigenvalue weighted by Crippen LogP contribution is 2.25.